The van der Waals surface area contributed by atoms with Gasteiger partial charge in [-0.25, -0.2) is 0 Å². The van der Waals surface area contributed by atoms with Crippen LogP contribution in [0.1, 0.15) is 20.8 Å². The molecular weight excluding hydrogens is 170 g/mol. The molecule has 12 heavy (non-hydrogen) atoms. The van der Waals surface area contributed by atoms with E-state index in [1.165, 1.54) is 0 Å². The van der Waals surface area contributed by atoms with Gasteiger partial charge in [0.2, 0.25) is 0 Å². The molecule has 0 aliphatic heterocycles. The van der Waals surface area contributed by atoms with Crippen molar-refractivity contribution in [3.63, 3.8) is 0 Å². The fourth-order valence-electron chi connectivity index (χ4n) is 0.990. The van der Waals surface area contributed by atoms with Gasteiger partial charge < -0.3 is 10.4 Å². The highest BCUT2D eigenvalue weighted by atomic mass is 32.2. The van der Waals surface area contributed by atoms with E-state index >= 15 is 0 Å². The average molecular weight is 191 g/mol. The summed E-state index contributed by atoms with van der Waals surface area (Å²) >= 11 is 1.72. The minimum atomic E-state index is 0.257. The molecule has 2 nitrogen and oxygen atoms in total. The topological polar surface area (TPSA) is 32.3 Å². The molecule has 0 aliphatic rings. The lowest BCUT2D eigenvalue weighted by atomic mass is 10.2. The Bertz CT molecular complexity index is 105. The number of aliphatic hydroxyl groups excluding tert-OH is 1. The molecule has 0 saturated heterocycles. The van der Waals surface area contributed by atoms with Crippen LogP contribution >= 0.6 is 11.8 Å². The Labute approximate surface area is 80.1 Å². The van der Waals surface area contributed by atoms with Gasteiger partial charge in [-0.1, -0.05) is 13.8 Å². The van der Waals surface area contributed by atoms with Gasteiger partial charge in [0.1, 0.15) is 0 Å². The van der Waals surface area contributed by atoms with E-state index in [1.54, 1.807) is 11.8 Å². The van der Waals surface area contributed by atoms with Gasteiger partial charge >= 0.3 is 0 Å². The van der Waals surface area contributed by atoms with Crippen molar-refractivity contribution in [3.8, 4) is 0 Å². The zero-order valence-corrected chi connectivity index (χ0v) is 9.32. The lowest BCUT2D eigenvalue weighted by molar-refractivity contribution is 0.274. The summed E-state index contributed by atoms with van der Waals surface area (Å²) in [5.41, 5.74) is 0. The molecule has 2 N–H and O–H groups in total. The van der Waals surface area contributed by atoms with Crippen molar-refractivity contribution in [3.05, 3.63) is 0 Å². The van der Waals surface area contributed by atoms with Crippen LogP contribution in [0.15, 0.2) is 0 Å². The van der Waals surface area contributed by atoms with Crippen LogP contribution in [-0.2, 0) is 0 Å². The van der Waals surface area contributed by atoms with Crippen molar-refractivity contribution in [1.82, 2.24) is 5.32 Å². The molecule has 0 aromatic rings. The van der Waals surface area contributed by atoms with E-state index in [-0.39, 0.29) is 6.61 Å². The zero-order valence-electron chi connectivity index (χ0n) is 8.50. The third-order valence-corrected chi connectivity index (χ3v) is 3.05. The first-order valence-electron chi connectivity index (χ1n) is 4.48. The van der Waals surface area contributed by atoms with E-state index in [4.69, 9.17) is 5.11 Å². The molecule has 0 fully saturated rings. The molecule has 0 spiro atoms. The Morgan fingerprint density at radius 1 is 1.33 bits per heavy atom. The SMILES string of the molecule is CSC(CO)C(C)NCC(C)C. The zero-order chi connectivity index (χ0) is 9.56. The van der Waals surface area contributed by atoms with E-state index in [0.717, 1.165) is 6.54 Å². The molecule has 2 atom stereocenters. The number of thioether (sulfide) groups is 1. The molecular formula is C9H21NOS. The number of nitrogens with one attached hydrogen (secondary N) is 1. The molecule has 74 valence electrons. The van der Waals surface area contributed by atoms with Gasteiger partial charge in [-0.3, -0.25) is 0 Å². The smallest absolute Gasteiger partial charge is 0.0564 e. The van der Waals surface area contributed by atoms with E-state index in [1.807, 2.05) is 6.26 Å². The Kier molecular flexibility index (Phi) is 6.90. The van der Waals surface area contributed by atoms with Gasteiger partial charge in [-0.05, 0) is 25.6 Å². The second kappa shape index (κ2) is 6.75. The van der Waals surface area contributed by atoms with Crippen molar-refractivity contribution >= 4 is 11.8 Å². The molecule has 0 heterocycles. The fraction of sp³-hybridized carbons (Fsp3) is 1.00. The second-order valence-electron chi connectivity index (χ2n) is 3.55. The summed E-state index contributed by atoms with van der Waals surface area (Å²) < 4.78 is 0. The quantitative estimate of drug-likeness (QED) is 0.664. The maximum atomic E-state index is 9.00. The normalized spacial score (nSPS) is 16.5. The molecule has 0 aromatic carbocycles. The van der Waals surface area contributed by atoms with Crippen LogP contribution in [0.25, 0.3) is 0 Å². The van der Waals surface area contributed by atoms with Crippen molar-refractivity contribution in [1.29, 1.82) is 0 Å². The first kappa shape index (κ1) is 12.3. The number of hydrogen-bond donors (Lipinski definition) is 2. The summed E-state index contributed by atoms with van der Waals surface area (Å²) in [5.74, 6) is 0.675. The van der Waals surface area contributed by atoms with Crippen LogP contribution in [0.3, 0.4) is 0 Å². The van der Waals surface area contributed by atoms with Gasteiger partial charge in [0.25, 0.3) is 0 Å². The van der Waals surface area contributed by atoms with E-state index in [2.05, 4.69) is 26.1 Å². The monoisotopic (exact) mass is 191 g/mol. The Hall–Kier alpha value is 0.270. The Morgan fingerprint density at radius 2 is 1.92 bits per heavy atom. The summed E-state index contributed by atoms with van der Waals surface area (Å²) in [5, 5.41) is 12.7. The van der Waals surface area contributed by atoms with Crippen molar-refractivity contribution in [2.45, 2.75) is 32.1 Å². The lowest BCUT2D eigenvalue weighted by Crippen LogP contribution is -2.39. The predicted octanol–water partition coefficient (Wildman–Crippen LogP) is 1.34. The van der Waals surface area contributed by atoms with E-state index in [0.29, 0.717) is 17.2 Å². The largest absolute Gasteiger partial charge is 0.395 e. The third kappa shape index (κ3) is 5.01. The Balaban J connectivity index is 3.61. The van der Waals surface area contributed by atoms with Gasteiger partial charge in [0.05, 0.1) is 6.61 Å². The third-order valence-electron chi connectivity index (χ3n) is 1.89. The summed E-state index contributed by atoms with van der Waals surface area (Å²) in [6.45, 7) is 7.78. The minimum absolute atomic E-state index is 0.257. The lowest BCUT2D eigenvalue weighted by Gasteiger charge is -2.22. The van der Waals surface area contributed by atoms with E-state index in [9.17, 15) is 0 Å². The van der Waals surface area contributed by atoms with Gasteiger partial charge in [-0.2, -0.15) is 11.8 Å². The second-order valence-corrected chi connectivity index (χ2v) is 4.62. The summed E-state index contributed by atoms with van der Waals surface area (Å²) in [6, 6.07) is 0.396. The average Bonchev–Trinajstić information content (AvgIpc) is 2.03. The highest BCUT2D eigenvalue weighted by Gasteiger charge is 2.14. The van der Waals surface area contributed by atoms with Crippen molar-refractivity contribution in [2.75, 3.05) is 19.4 Å². The molecule has 0 radical (unpaired) electrons. The predicted molar refractivity (Wildman–Crippen MR) is 56.7 cm³/mol. The molecule has 0 bridgehead atoms. The van der Waals surface area contributed by atoms with E-state index < -0.39 is 0 Å². The first-order valence-corrected chi connectivity index (χ1v) is 5.77. The molecule has 0 aromatic heterocycles. The molecule has 2 unspecified atom stereocenters. The van der Waals surface area contributed by atoms with Crippen LogP contribution in [0.5, 0.6) is 0 Å². The van der Waals surface area contributed by atoms with Gasteiger partial charge in [-0.15, -0.1) is 0 Å². The highest BCUT2D eigenvalue weighted by molar-refractivity contribution is 7.99. The molecule has 0 saturated carbocycles. The number of hydrogen-bond acceptors (Lipinski definition) is 3. The molecule has 0 aliphatic carbocycles. The molecule has 0 rings (SSSR count). The van der Waals surface area contributed by atoms with Gasteiger partial charge in [0.15, 0.2) is 0 Å². The first-order chi connectivity index (χ1) is 5.61. The maximum absolute atomic E-state index is 9.00. The van der Waals surface area contributed by atoms with Crippen molar-refractivity contribution in [2.24, 2.45) is 5.92 Å². The van der Waals surface area contributed by atoms with Crippen LogP contribution < -0.4 is 5.32 Å². The number of aliphatic hydroxyl groups is 1. The van der Waals surface area contributed by atoms with Crippen molar-refractivity contribution < 1.29 is 5.11 Å². The standard InChI is InChI=1S/C9H21NOS/c1-7(2)5-10-8(3)9(6-11)12-4/h7-11H,5-6H2,1-4H3. The number of rotatable bonds is 6. The maximum Gasteiger partial charge on any atom is 0.0564 e. The highest BCUT2D eigenvalue weighted by Crippen LogP contribution is 2.10. The van der Waals surface area contributed by atoms with Crippen LogP contribution in [0.2, 0.25) is 0 Å². The van der Waals surface area contributed by atoms with Crippen LogP contribution in [0.4, 0.5) is 0 Å². The minimum Gasteiger partial charge on any atom is -0.395 e. The summed E-state index contributed by atoms with van der Waals surface area (Å²) in [7, 11) is 0. The summed E-state index contributed by atoms with van der Waals surface area (Å²) in [6.07, 6.45) is 2.04. The fourth-order valence-corrected chi connectivity index (χ4v) is 1.64. The Morgan fingerprint density at radius 3 is 2.25 bits per heavy atom. The molecule has 3 heteroatoms. The van der Waals surface area contributed by atoms with Gasteiger partial charge in [0, 0.05) is 11.3 Å². The summed E-state index contributed by atoms with van der Waals surface area (Å²) in [4.78, 5) is 0. The molecule has 0 amide bonds. The van der Waals surface area contributed by atoms with Crippen LogP contribution in [0, 0.1) is 5.92 Å². The van der Waals surface area contributed by atoms with Crippen LogP contribution in [-0.4, -0.2) is 35.8 Å².